The summed E-state index contributed by atoms with van der Waals surface area (Å²) in [5.74, 6) is -2.25. The Morgan fingerprint density at radius 2 is 1.92 bits per heavy atom. The molecule has 0 aliphatic heterocycles. The van der Waals surface area contributed by atoms with Gasteiger partial charge < -0.3 is 10.4 Å². The molecule has 0 spiro atoms. The number of hydrogen-bond acceptors (Lipinski definition) is 4. The van der Waals surface area contributed by atoms with Crippen molar-refractivity contribution >= 4 is 38.6 Å². The number of carboxylic acid groups (broad SMARTS) is 1. The number of aliphatic carboxylic acids is 1. The smallest absolute Gasteiger partial charge is 0.307 e. The molecule has 0 radical (unpaired) electrons. The number of carbonyl (C=O) groups is 2. The zero-order chi connectivity index (χ0) is 17.0. The van der Waals surface area contributed by atoms with Crippen LogP contribution in [0.25, 0.3) is 10.2 Å². The van der Waals surface area contributed by atoms with Crippen molar-refractivity contribution in [3.05, 3.63) is 35.4 Å². The fraction of sp³-hybridized carbons (Fsp3) is 0.389. The average molecular weight is 342 g/mol. The quantitative estimate of drug-likeness (QED) is 0.838. The van der Waals surface area contributed by atoms with Gasteiger partial charge in [0, 0.05) is 0 Å². The van der Waals surface area contributed by atoms with E-state index in [1.54, 1.807) is 0 Å². The molecule has 24 heavy (non-hydrogen) atoms. The Morgan fingerprint density at radius 3 is 2.62 bits per heavy atom. The van der Waals surface area contributed by atoms with Crippen LogP contribution in [0, 0.1) is 37.5 Å². The Kier molecular flexibility index (Phi) is 3.46. The average Bonchev–Trinajstić information content (AvgIpc) is 3.19. The van der Waals surface area contributed by atoms with Crippen molar-refractivity contribution in [3.8, 4) is 0 Å². The van der Waals surface area contributed by atoms with E-state index in [1.165, 1.54) is 11.3 Å². The molecule has 0 saturated heterocycles. The monoisotopic (exact) mass is 342 g/mol. The van der Waals surface area contributed by atoms with Crippen LogP contribution in [-0.2, 0) is 9.59 Å². The SMILES string of the molecule is Cc1cc(C)c2nc(NC(=O)C3C4C=CC(C4)C3C(=O)O)sc2c1. The van der Waals surface area contributed by atoms with Crippen LogP contribution in [-0.4, -0.2) is 22.0 Å². The van der Waals surface area contributed by atoms with Crippen LogP contribution in [0.2, 0.25) is 0 Å². The second kappa shape index (κ2) is 5.41. The number of fused-ring (bicyclic) bond motifs is 3. The third-order valence-electron chi connectivity index (χ3n) is 5.11. The van der Waals surface area contributed by atoms with Crippen molar-refractivity contribution in [1.82, 2.24) is 4.98 Å². The summed E-state index contributed by atoms with van der Waals surface area (Å²) in [7, 11) is 0. The fourth-order valence-electron chi connectivity index (χ4n) is 4.13. The van der Waals surface area contributed by atoms with Gasteiger partial charge in [0.15, 0.2) is 5.13 Å². The molecule has 1 aromatic heterocycles. The number of hydrogen-bond donors (Lipinski definition) is 2. The lowest BCUT2D eigenvalue weighted by Crippen LogP contribution is -2.36. The maximum atomic E-state index is 12.7. The molecular weight excluding hydrogens is 324 g/mol. The van der Waals surface area contributed by atoms with E-state index in [4.69, 9.17) is 0 Å². The lowest BCUT2D eigenvalue weighted by atomic mass is 9.82. The van der Waals surface area contributed by atoms with Gasteiger partial charge in [-0.2, -0.15) is 0 Å². The molecule has 4 unspecified atom stereocenters. The molecule has 2 aliphatic rings. The molecule has 2 aliphatic carbocycles. The molecule has 2 N–H and O–H groups in total. The van der Waals surface area contributed by atoms with Gasteiger partial charge in [-0.05, 0) is 49.3 Å². The molecule has 1 saturated carbocycles. The maximum Gasteiger partial charge on any atom is 0.307 e. The van der Waals surface area contributed by atoms with Gasteiger partial charge in [0.2, 0.25) is 5.91 Å². The Balaban J connectivity index is 1.61. The second-order valence-electron chi connectivity index (χ2n) is 6.77. The molecule has 4 rings (SSSR count). The highest BCUT2D eigenvalue weighted by atomic mass is 32.1. The second-order valence-corrected chi connectivity index (χ2v) is 7.81. The number of carbonyl (C=O) groups excluding carboxylic acids is 1. The molecule has 2 bridgehead atoms. The van der Waals surface area contributed by atoms with Crippen LogP contribution < -0.4 is 5.32 Å². The van der Waals surface area contributed by atoms with E-state index >= 15 is 0 Å². The number of nitrogens with one attached hydrogen (secondary N) is 1. The van der Waals surface area contributed by atoms with Gasteiger partial charge in [-0.25, -0.2) is 4.98 Å². The Hall–Kier alpha value is -2.21. The number of anilines is 1. The molecule has 124 valence electrons. The molecular formula is C18H18N2O3S. The van der Waals surface area contributed by atoms with Crippen molar-refractivity contribution in [2.24, 2.45) is 23.7 Å². The normalized spacial score (nSPS) is 27.8. The number of aryl methyl sites for hydroxylation is 2. The number of rotatable bonds is 3. The number of carboxylic acids is 1. The molecule has 2 aromatic rings. The molecule has 4 atom stereocenters. The first-order chi connectivity index (χ1) is 11.4. The molecule has 1 fully saturated rings. The van der Waals surface area contributed by atoms with Crippen molar-refractivity contribution in [3.63, 3.8) is 0 Å². The van der Waals surface area contributed by atoms with E-state index in [1.807, 2.05) is 26.0 Å². The topological polar surface area (TPSA) is 79.3 Å². The van der Waals surface area contributed by atoms with E-state index in [0.717, 1.165) is 27.8 Å². The summed E-state index contributed by atoms with van der Waals surface area (Å²) in [6.07, 6.45) is 4.68. The van der Waals surface area contributed by atoms with Crippen molar-refractivity contribution in [2.75, 3.05) is 5.32 Å². The predicted molar refractivity (Wildman–Crippen MR) is 93.1 cm³/mol. The zero-order valence-corrected chi connectivity index (χ0v) is 14.3. The first-order valence-corrected chi connectivity index (χ1v) is 8.85. The van der Waals surface area contributed by atoms with Crippen LogP contribution in [0.1, 0.15) is 17.5 Å². The van der Waals surface area contributed by atoms with Crippen LogP contribution in [0.5, 0.6) is 0 Å². The summed E-state index contributed by atoms with van der Waals surface area (Å²) in [5.41, 5.74) is 3.13. The Labute approximate surface area is 143 Å². The van der Waals surface area contributed by atoms with Crippen LogP contribution >= 0.6 is 11.3 Å². The van der Waals surface area contributed by atoms with Gasteiger partial charge in [0.1, 0.15) is 0 Å². The van der Waals surface area contributed by atoms with Gasteiger partial charge in [-0.1, -0.05) is 29.6 Å². The molecule has 5 nitrogen and oxygen atoms in total. The Bertz CT molecular complexity index is 886. The minimum absolute atomic E-state index is 0.0226. The van der Waals surface area contributed by atoms with E-state index in [2.05, 4.69) is 22.4 Å². The summed E-state index contributed by atoms with van der Waals surface area (Å²) in [6.45, 7) is 4.03. The number of allylic oxidation sites excluding steroid dienone is 2. The largest absolute Gasteiger partial charge is 0.481 e. The van der Waals surface area contributed by atoms with Gasteiger partial charge in [-0.3, -0.25) is 9.59 Å². The molecule has 1 aromatic carbocycles. The lowest BCUT2D eigenvalue weighted by Gasteiger charge is -2.23. The summed E-state index contributed by atoms with van der Waals surface area (Å²) >= 11 is 1.43. The van der Waals surface area contributed by atoms with Gasteiger partial charge in [-0.15, -0.1) is 0 Å². The highest BCUT2D eigenvalue weighted by Gasteiger charge is 2.51. The summed E-state index contributed by atoms with van der Waals surface area (Å²) in [5, 5.41) is 12.9. The standard InChI is InChI=1S/C18H18N2O3S/c1-8-5-9(2)15-12(6-8)24-18(19-15)20-16(21)13-10-3-4-11(7-10)14(13)17(22)23/h3-6,10-11,13-14H,7H2,1-2H3,(H,22,23)(H,19,20,21). The molecule has 1 heterocycles. The number of thiazole rings is 1. The van der Waals surface area contributed by atoms with Crippen LogP contribution in [0.15, 0.2) is 24.3 Å². The number of amides is 1. The highest BCUT2D eigenvalue weighted by molar-refractivity contribution is 7.22. The van der Waals surface area contributed by atoms with E-state index in [-0.39, 0.29) is 17.7 Å². The van der Waals surface area contributed by atoms with E-state index in [0.29, 0.717) is 5.13 Å². The number of nitrogens with zero attached hydrogens (tertiary/aromatic N) is 1. The van der Waals surface area contributed by atoms with Crippen LogP contribution in [0.4, 0.5) is 5.13 Å². The van der Waals surface area contributed by atoms with Crippen molar-refractivity contribution in [2.45, 2.75) is 20.3 Å². The molecule has 6 heteroatoms. The predicted octanol–water partition coefficient (Wildman–Crippen LogP) is 3.37. The first-order valence-electron chi connectivity index (χ1n) is 8.04. The highest BCUT2D eigenvalue weighted by Crippen LogP contribution is 2.48. The van der Waals surface area contributed by atoms with Gasteiger partial charge in [0.25, 0.3) is 0 Å². The van der Waals surface area contributed by atoms with Gasteiger partial charge in [0.05, 0.1) is 22.1 Å². The van der Waals surface area contributed by atoms with E-state index < -0.39 is 17.8 Å². The maximum absolute atomic E-state index is 12.7. The minimum Gasteiger partial charge on any atom is -0.481 e. The Morgan fingerprint density at radius 1 is 1.21 bits per heavy atom. The van der Waals surface area contributed by atoms with Gasteiger partial charge >= 0.3 is 5.97 Å². The lowest BCUT2D eigenvalue weighted by molar-refractivity contribution is -0.146. The minimum atomic E-state index is -0.886. The van der Waals surface area contributed by atoms with Crippen molar-refractivity contribution in [1.29, 1.82) is 0 Å². The molecule has 1 amide bonds. The third-order valence-corrected chi connectivity index (χ3v) is 6.02. The fourth-order valence-corrected chi connectivity index (χ4v) is 5.17. The summed E-state index contributed by atoms with van der Waals surface area (Å²) < 4.78 is 1.03. The number of aromatic nitrogens is 1. The third kappa shape index (κ3) is 2.33. The first kappa shape index (κ1) is 15.3. The summed E-state index contributed by atoms with van der Waals surface area (Å²) in [6, 6.07) is 4.12. The van der Waals surface area contributed by atoms with Crippen LogP contribution in [0.3, 0.4) is 0 Å². The van der Waals surface area contributed by atoms with Crippen molar-refractivity contribution < 1.29 is 14.7 Å². The number of benzene rings is 1. The summed E-state index contributed by atoms with van der Waals surface area (Å²) in [4.78, 5) is 28.8. The zero-order valence-electron chi connectivity index (χ0n) is 13.4. The van der Waals surface area contributed by atoms with E-state index in [9.17, 15) is 14.7 Å².